The largest absolute Gasteiger partial charge is 0.495 e. The van der Waals surface area contributed by atoms with E-state index in [0.717, 1.165) is 23.8 Å². The van der Waals surface area contributed by atoms with E-state index in [9.17, 15) is 18.0 Å². The van der Waals surface area contributed by atoms with Crippen molar-refractivity contribution in [2.24, 2.45) is 0 Å². The van der Waals surface area contributed by atoms with E-state index in [-0.39, 0.29) is 42.3 Å². The maximum absolute atomic E-state index is 13.6. The maximum Gasteiger partial charge on any atom is 0.243 e. The van der Waals surface area contributed by atoms with Crippen molar-refractivity contribution in [3.05, 3.63) is 58.6 Å². The lowest BCUT2D eigenvalue weighted by atomic mass is 10.0. The summed E-state index contributed by atoms with van der Waals surface area (Å²) in [6, 6.07) is 11.9. The fourth-order valence-electron chi connectivity index (χ4n) is 4.15. The highest BCUT2D eigenvalue weighted by atomic mass is 35.5. The third-order valence-corrected chi connectivity index (χ3v) is 8.05. The van der Waals surface area contributed by atoms with Crippen LogP contribution in [0.1, 0.15) is 57.6 Å². The molecule has 0 aromatic heterocycles. The van der Waals surface area contributed by atoms with E-state index in [1.807, 2.05) is 52.0 Å². The van der Waals surface area contributed by atoms with Gasteiger partial charge in [0.15, 0.2) is 0 Å². The summed E-state index contributed by atoms with van der Waals surface area (Å²) in [6.45, 7) is 8.16. The first-order chi connectivity index (χ1) is 17.9. The average molecular weight is 566 g/mol. The minimum Gasteiger partial charge on any atom is -0.495 e. The first kappa shape index (κ1) is 31.4. The SMILES string of the molecule is CC[C@@H](C)NC(=O)[C@@H](CC)N(Cc1ccccc1C)C(=O)CCCN(c1ccc(OC)c(Cl)c1)S(C)(=O)=O. The molecule has 2 aromatic rings. The van der Waals surface area contributed by atoms with Gasteiger partial charge in [0.2, 0.25) is 21.8 Å². The average Bonchev–Trinajstić information content (AvgIpc) is 2.86. The fourth-order valence-corrected chi connectivity index (χ4v) is 5.36. The summed E-state index contributed by atoms with van der Waals surface area (Å²) in [6.07, 6.45) is 2.70. The summed E-state index contributed by atoms with van der Waals surface area (Å²) in [4.78, 5) is 28.3. The first-order valence-corrected chi connectivity index (χ1v) is 15.1. The molecule has 210 valence electrons. The van der Waals surface area contributed by atoms with E-state index in [0.29, 0.717) is 24.4 Å². The molecule has 38 heavy (non-hydrogen) atoms. The number of halogens is 1. The first-order valence-electron chi connectivity index (χ1n) is 12.9. The van der Waals surface area contributed by atoms with Gasteiger partial charge >= 0.3 is 0 Å². The number of hydrogen-bond donors (Lipinski definition) is 1. The van der Waals surface area contributed by atoms with Crippen LogP contribution in [0.2, 0.25) is 5.02 Å². The van der Waals surface area contributed by atoms with Crippen LogP contribution in [-0.2, 0) is 26.2 Å². The molecule has 0 radical (unpaired) electrons. The van der Waals surface area contributed by atoms with E-state index < -0.39 is 16.1 Å². The van der Waals surface area contributed by atoms with Gasteiger partial charge in [-0.25, -0.2) is 8.42 Å². The Balaban J connectivity index is 2.26. The van der Waals surface area contributed by atoms with Crippen molar-refractivity contribution in [2.75, 3.05) is 24.2 Å². The molecule has 1 N–H and O–H groups in total. The molecule has 0 aliphatic carbocycles. The zero-order valence-corrected chi connectivity index (χ0v) is 24.7. The van der Waals surface area contributed by atoms with Gasteiger partial charge in [-0.2, -0.15) is 0 Å². The Bertz CT molecular complexity index is 1200. The van der Waals surface area contributed by atoms with E-state index in [1.165, 1.54) is 17.5 Å². The van der Waals surface area contributed by atoms with Gasteiger partial charge < -0.3 is 15.0 Å². The number of anilines is 1. The van der Waals surface area contributed by atoms with Gasteiger partial charge in [-0.05, 0) is 62.4 Å². The summed E-state index contributed by atoms with van der Waals surface area (Å²) in [5.74, 6) is 0.0437. The van der Waals surface area contributed by atoms with Crippen LogP contribution in [0.5, 0.6) is 5.75 Å². The molecular formula is C28H40ClN3O5S. The molecule has 0 saturated heterocycles. The second-order valence-electron chi connectivity index (χ2n) is 9.45. The lowest BCUT2D eigenvalue weighted by Crippen LogP contribution is -2.50. The molecule has 0 aliphatic heterocycles. The van der Waals surface area contributed by atoms with Crippen molar-refractivity contribution >= 4 is 39.1 Å². The highest BCUT2D eigenvalue weighted by Gasteiger charge is 2.29. The minimum atomic E-state index is -3.63. The summed E-state index contributed by atoms with van der Waals surface area (Å²) in [5.41, 5.74) is 2.38. The van der Waals surface area contributed by atoms with E-state index in [1.54, 1.807) is 17.0 Å². The number of carbonyl (C=O) groups excluding carboxylic acids is 2. The van der Waals surface area contributed by atoms with Crippen LogP contribution in [-0.4, -0.2) is 57.1 Å². The van der Waals surface area contributed by atoms with Gasteiger partial charge in [-0.1, -0.05) is 49.7 Å². The number of carbonyl (C=O) groups is 2. The number of aryl methyl sites for hydroxylation is 1. The second-order valence-corrected chi connectivity index (χ2v) is 11.8. The Hall–Kier alpha value is -2.78. The monoisotopic (exact) mass is 565 g/mol. The van der Waals surface area contributed by atoms with Crippen LogP contribution in [0.25, 0.3) is 0 Å². The van der Waals surface area contributed by atoms with Gasteiger partial charge in [-0.15, -0.1) is 0 Å². The van der Waals surface area contributed by atoms with Crippen LogP contribution >= 0.6 is 11.6 Å². The number of rotatable bonds is 14. The van der Waals surface area contributed by atoms with Crippen molar-refractivity contribution in [1.82, 2.24) is 10.2 Å². The van der Waals surface area contributed by atoms with Gasteiger partial charge in [0.25, 0.3) is 0 Å². The maximum atomic E-state index is 13.6. The Morgan fingerprint density at radius 3 is 2.34 bits per heavy atom. The van der Waals surface area contributed by atoms with E-state index in [4.69, 9.17) is 16.3 Å². The van der Waals surface area contributed by atoms with Crippen molar-refractivity contribution in [3.63, 3.8) is 0 Å². The second kappa shape index (κ2) is 14.4. The quantitative estimate of drug-likeness (QED) is 0.350. The normalized spacial score (nSPS) is 12.9. The topological polar surface area (TPSA) is 96.0 Å². The number of ether oxygens (including phenoxy) is 1. The minimum absolute atomic E-state index is 0.00777. The molecule has 0 spiro atoms. The zero-order chi connectivity index (χ0) is 28.5. The molecule has 2 rings (SSSR count). The Labute approximate surface area is 232 Å². The smallest absolute Gasteiger partial charge is 0.243 e. The molecule has 0 fully saturated rings. The van der Waals surface area contributed by atoms with Gasteiger partial charge in [0.05, 0.1) is 24.1 Å². The number of methoxy groups -OCH3 is 1. The van der Waals surface area contributed by atoms with Crippen molar-refractivity contribution in [1.29, 1.82) is 0 Å². The van der Waals surface area contributed by atoms with Crippen LogP contribution < -0.4 is 14.4 Å². The van der Waals surface area contributed by atoms with Crippen molar-refractivity contribution in [3.8, 4) is 5.75 Å². The van der Waals surface area contributed by atoms with Gasteiger partial charge in [0.1, 0.15) is 11.8 Å². The molecule has 8 nitrogen and oxygen atoms in total. The summed E-state index contributed by atoms with van der Waals surface area (Å²) in [7, 11) is -2.15. The molecular weight excluding hydrogens is 526 g/mol. The molecule has 2 amide bonds. The number of nitrogens with zero attached hydrogens (tertiary/aromatic N) is 2. The van der Waals surface area contributed by atoms with Gasteiger partial charge in [0, 0.05) is 25.6 Å². The van der Waals surface area contributed by atoms with Crippen molar-refractivity contribution < 1.29 is 22.7 Å². The highest BCUT2D eigenvalue weighted by molar-refractivity contribution is 7.92. The van der Waals surface area contributed by atoms with E-state index >= 15 is 0 Å². The van der Waals surface area contributed by atoms with Gasteiger partial charge in [-0.3, -0.25) is 13.9 Å². The standard InChI is InChI=1S/C28H40ClN3O5S/c1-7-21(4)30-28(34)25(8-2)31(19-22-13-10-9-12-20(22)3)27(33)14-11-17-32(38(6,35)36)23-15-16-26(37-5)24(29)18-23/h9-10,12-13,15-16,18,21,25H,7-8,11,14,17,19H2,1-6H3,(H,30,34)/t21-,25-/m1/s1. The molecule has 2 aromatic carbocycles. The molecule has 2 atom stereocenters. The summed E-state index contributed by atoms with van der Waals surface area (Å²) >= 11 is 6.22. The summed E-state index contributed by atoms with van der Waals surface area (Å²) < 4.78 is 31.5. The van der Waals surface area contributed by atoms with E-state index in [2.05, 4.69) is 5.32 Å². The number of benzene rings is 2. The van der Waals surface area contributed by atoms with Crippen LogP contribution in [0.15, 0.2) is 42.5 Å². The highest BCUT2D eigenvalue weighted by Crippen LogP contribution is 2.30. The molecule has 0 saturated carbocycles. The van der Waals surface area contributed by atoms with Crippen molar-refractivity contribution in [2.45, 2.75) is 72.0 Å². The predicted octanol–water partition coefficient (Wildman–Crippen LogP) is 4.93. The van der Waals surface area contributed by atoms with Crippen LogP contribution in [0.4, 0.5) is 5.69 Å². The van der Waals surface area contributed by atoms with Crippen LogP contribution in [0, 0.1) is 6.92 Å². The molecule has 0 bridgehead atoms. The number of sulfonamides is 1. The molecule has 0 aliphatic rings. The lowest BCUT2D eigenvalue weighted by molar-refractivity contribution is -0.141. The third kappa shape index (κ3) is 8.63. The third-order valence-electron chi connectivity index (χ3n) is 6.56. The Kier molecular flexibility index (Phi) is 11.9. The number of nitrogens with one attached hydrogen (secondary N) is 1. The summed E-state index contributed by atoms with van der Waals surface area (Å²) in [5, 5.41) is 3.29. The fraction of sp³-hybridized carbons (Fsp3) is 0.500. The van der Waals surface area contributed by atoms with Crippen LogP contribution in [0.3, 0.4) is 0 Å². The number of hydrogen-bond acceptors (Lipinski definition) is 5. The predicted molar refractivity (Wildman–Crippen MR) is 153 cm³/mol. The Morgan fingerprint density at radius 2 is 1.79 bits per heavy atom. The molecule has 0 heterocycles. The Morgan fingerprint density at radius 1 is 1.11 bits per heavy atom. The zero-order valence-electron chi connectivity index (χ0n) is 23.2. The number of amides is 2. The molecule has 10 heteroatoms. The lowest BCUT2D eigenvalue weighted by Gasteiger charge is -2.32. The molecule has 0 unspecified atom stereocenters.